The molecule has 1 heterocycles. The molecule has 0 spiro atoms. The lowest BCUT2D eigenvalue weighted by molar-refractivity contribution is -0.135. The van der Waals surface area contributed by atoms with Crippen LogP contribution in [0, 0.1) is 0 Å². The second-order valence-electron chi connectivity index (χ2n) is 4.17. The number of ether oxygens (including phenoxy) is 3. The Balaban J connectivity index is 2.43. The Bertz CT molecular complexity index is 722. The molecule has 0 saturated heterocycles. The Morgan fingerprint density at radius 3 is 2.41 bits per heavy atom. The smallest absolute Gasteiger partial charge is 0.381 e. The summed E-state index contributed by atoms with van der Waals surface area (Å²) in [7, 11) is 4.06. The zero-order valence-electron chi connectivity index (χ0n) is 12.2. The zero-order chi connectivity index (χ0) is 16.3. The molecular weight excluding hydrogens is 292 g/mol. The third-order valence-corrected chi connectivity index (χ3v) is 2.94. The van der Waals surface area contributed by atoms with Crippen molar-refractivity contribution in [2.75, 3.05) is 21.3 Å². The van der Waals surface area contributed by atoms with Gasteiger partial charge in [0.25, 0.3) is 5.78 Å². The fourth-order valence-electron chi connectivity index (χ4n) is 1.84. The standard InChI is InChI=1S/C14H14N2O6/c1-20-8-5-4-7(6-9(8)21-2)12-15-10(13(18)16-12)11(17)14(19)22-3/h4-6,18H,1-3H3,(H,15,16). The molecule has 1 aromatic heterocycles. The van der Waals surface area contributed by atoms with Crippen molar-refractivity contribution in [2.45, 2.75) is 0 Å². The summed E-state index contributed by atoms with van der Waals surface area (Å²) in [4.78, 5) is 29.4. The number of methoxy groups -OCH3 is 3. The van der Waals surface area contributed by atoms with E-state index in [0.29, 0.717) is 17.1 Å². The number of aromatic hydroxyl groups is 1. The van der Waals surface area contributed by atoms with Gasteiger partial charge >= 0.3 is 5.97 Å². The number of carbonyl (C=O) groups excluding carboxylic acids is 2. The SMILES string of the molecule is COC(=O)C(=O)c1[nH]c(-c2ccc(OC)c(OC)c2)nc1O. The number of rotatable bonds is 5. The normalized spacial score (nSPS) is 10.1. The summed E-state index contributed by atoms with van der Waals surface area (Å²) in [5, 5.41) is 9.71. The molecule has 0 amide bonds. The van der Waals surface area contributed by atoms with Crippen LogP contribution in [0.5, 0.6) is 17.4 Å². The van der Waals surface area contributed by atoms with E-state index in [0.717, 1.165) is 7.11 Å². The number of carbonyl (C=O) groups is 2. The topological polar surface area (TPSA) is 111 Å². The predicted octanol–water partition coefficient (Wildman–Crippen LogP) is 1.16. The van der Waals surface area contributed by atoms with Gasteiger partial charge in [-0.3, -0.25) is 4.79 Å². The number of Topliss-reactive ketones (excluding diaryl/α,β-unsaturated/α-hetero) is 1. The van der Waals surface area contributed by atoms with Crippen LogP contribution in [0.25, 0.3) is 11.4 Å². The molecule has 0 saturated carbocycles. The third-order valence-electron chi connectivity index (χ3n) is 2.94. The number of benzene rings is 1. The van der Waals surface area contributed by atoms with Gasteiger partial charge in [-0.15, -0.1) is 0 Å². The molecule has 22 heavy (non-hydrogen) atoms. The van der Waals surface area contributed by atoms with Crippen molar-refractivity contribution in [3.05, 3.63) is 23.9 Å². The van der Waals surface area contributed by atoms with Gasteiger partial charge in [0.15, 0.2) is 17.2 Å². The largest absolute Gasteiger partial charge is 0.493 e. The Morgan fingerprint density at radius 1 is 1.14 bits per heavy atom. The van der Waals surface area contributed by atoms with Crippen molar-refractivity contribution < 1.29 is 28.9 Å². The van der Waals surface area contributed by atoms with Gasteiger partial charge in [-0.1, -0.05) is 0 Å². The molecule has 2 N–H and O–H groups in total. The van der Waals surface area contributed by atoms with Crippen LogP contribution in [0.4, 0.5) is 0 Å². The molecule has 0 aliphatic carbocycles. The fraction of sp³-hybridized carbons (Fsp3) is 0.214. The lowest BCUT2D eigenvalue weighted by atomic mass is 10.2. The molecule has 0 aliphatic rings. The van der Waals surface area contributed by atoms with Gasteiger partial charge in [0.1, 0.15) is 5.82 Å². The number of nitrogens with zero attached hydrogens (tertiary/aromatic N) is 1. The van der Waals surface area contributed by atoms with Crippen LogP contribution >= 0.6 is 0 Å². The second kappa shape index (κ2) is 6.17. The monoisotopic (exact) mass is 306 g/mol. The first kappa shape index (κ1) is 15.4. The first-order valence-electron chi connectivity index (χ1n) is 6.15. The summed E-state index contributed by atoms with van der Waals surface area (Å²) >= 11 is 0. The van der Waals surface area contributed by atoms with Crippen LogP contribution in [0.15, 0.2) is 18.2 Å². The Morgan fingerprint density at radius 2 is 1.82 bits per heavy atom. The van der Waals surface area contributed by atoms with E-state index in [-0.39, 0.29) is 11.5 Å². The van der Waals surface area contributed by atoms with Crippen LogP contribution in [0.3, 0.4) is 0 Å². The molecule has 1 aromatic carbocycles. The Kier molecular flexibility index (Phi) is 4.31. The summed E-state index contributed by atoms with van der Waals surface area (Å²) < 4.78 is 14.6. The fourth-order valence-corrected chi connectivity index (χ4v) is 1.84. The van der Waals surface area contributed by atoms with Gasteiger partial charge in [-0.2, -0.15) is 4.98 Å². The van der Waals surface area contributed by atoms with Crippen molar-refractivity contribution in [3.8, 4) is 28.8 Å². The molecule has 0 atom stereocenters. The van der Waals surface area contributed by atoms with Gasteiger partial charge in [-0.25, -0.2) is 4.79 Å². The van der Waals surface area contributed by atoms with Gasteiger partial charge in [0.2, 0.25) is 5.88 Å². The summed E-state index contributed by atoms with van der Waals surface area (Å²) in [6.45, 7) is 0. The van der Waals surface area contributed by atoms with Crippen LogP contribution in [0.2, 0.25) is 0 Å². The zero-order valence-corrected chi connectivity index (χ0v) is 12.2. The molecule has 0 aliphatic heterocycles. The number of ketones is 1. The van der Waals surface area contributed by atoms with Gasteiger partial charge in [0, 0.05) is 5.56 Å². The van der Waals surface area contributed by atoms with E-state index >= 15 is 0 Å². The first-order chi connectivity index (χ1) is 10.5. The number of aromatic amines is 1. The molecule has 0 unspecified atom stereocenters. The number of aromatic nitrogens is 2. The average Bonchev–Trinajstić information content (AvgIpc) is 2.94. The van der Waals surface area contributed by atoms with E-state index in [1.54, 1.807) is 18.2 Å². The van der Waals surface area contributed by atoms with E-state index in [1.165, 1.54) is 14.2 Å². The summed E-state index contributed by atoms with van der Waals surface area (Å²) in [6, 6.07) is 4.92. The minimum absolute atomic E-state index is 0.200. The van der Waals surface area contributed by atoms with Crippen LogP contribution in [-0.2, 0) is 9.53 Å². The van der Waals surface area contributed by atoms with Crippen molar-refractivity contribution in [2.24, 2.45) is 0 Å². The number of esters is 1. The quantitative estimate of drug-likeness (QED) is 0.484. The molecule has 8 nitrogen and oxygen atoms in total. The summed E-state index contributed by atoms with van der Waals surface area (Å²) in [5.41, 5.74) is 0.202. The average molecular weight is 306 g/mol. The highest BCUT2D eigenvalue weighted by Crippen LogP contribution is 2.32. The number of hydrogen-bond donors (Lipinski definition) is 2. The van der Waals surface area contributed by atoms with Crippen LogP contribution in [-0.4, -0.2) is 48.2 Å². The van der Waals surface area contributed by atoms with E-state index in [2.05, 4.69) is 14.7 Å². The molecule has 116 valence electrons. The van der Waals surface area contributed by atoms with Gasteiger partial charge in [0.05, 0.1) is 21.3 Å². The number of nitrogens with one attached hydrogen (secondary N) is 1. The van der Waals surface area contributed by atoms with Crippen molar-refractivity contribution >= 4 is 11.8 Å². The highest BCUT2D eigenvalue weighted by atomic mass is 16.5. The van der Waals surface area contributed by atoms with Crippen LogP contribution in [0.1, 0.15) is 10.5 Å². The molecule has 8 heteroatoms. The number of imidazole rings is 1. The van der Waals surface area contributed by atoms with E-state index in [4.69, 9.17) is 9.47 Å². The summed E-state index contributed by atoms with van der Waals surface area (Å²) in [6.07, 6.45) is 0. The van der Waals surface area contributed by atoms with Crippen molar-refractivity contribution in [1.82, 2.24) is 9.97 Å². The van der Waals surface area contributed by atoms with E-state index in [9.17, 15) is 14.7 Å². The van der Waals surface area contributed by atoms with E-state index < -0.39 is 17.6 Å². The van der Waals surface area contributed by atoms with Crippen molar-refractivity contribution in [3.63, 3.8) is 0 Å². The lowest BCUT2D eigenvalue weighted by Gasteiger charge is -2.08. The number of hydrogen-bond acceptors (Lipinski definition) is 7. The lowest BCUT2D eigenvalue weighted by Crippen LogP contribution is -2.16. The van der Waals surface area contributed by atoms with E-state index in [1.807, 2.05) is 0 Å². The number of H-pyrrole nitrogens is 1. The molecule has 0 fully saturated rings. The first-order valence-corrected chi connectivity index (χ1v) is 6.15. The van der Waals surface area contributed by atoms with Gasteiger partial charge < -0.3 is 24.3 Å². The third kappa shape index (κ3) is 2.71. The molecule has 0 bridgehead atoms. The Labute approximate surface area is 125 Å². The van der Waals surface area contributed by atoms with Gasteiger partial charge in [-0.05, 0) is 18.2 Å². The highest BCUT2D eigenvalue weighted by molar-refractivity contribution is 6.40. The minimum atomic E-state index is -1.10. The van der Waals surface area contributed by atoms with Crippen LogP contribution < -0.4 is 9.47 Å². The highest BCUT2D eigenvalue weighted by Gasteiger charge is 2.24. The Hall–Kier alpha value is -3.03. The second-order valence-corrected chi connectivity index (χ2v) is 4.17. The maximum absolute atomic E-state index is 11.7. The molecule has 2 aromatic rings. The summed E-state index contributed by atoms with van der Waals surface area (Å²) in [5.74, 6) is -1.52. The molecule has 0 radical (unpaired) electrons. The molecular formula is C14H14N2O6. The predicted molar refractivity (Wildman–Crippen MR) is 75.1 cm³/mol. The molecule has 2 rings (SSSR count). The maximum Gasteiger partial charge on any atom is 0.381 e. The maximum atomic E-state index is 11.7. The van der Waals surface area contributed by atoms with Crippen molar-refractivity contribution in [1.29, 1.82) is 0 Å². The minimum Gasteiger partial charge on any atom is -0.493 e.